The molecule has 0 amide bonds. The second-order valence-corrected chi connectivity index (χ2v) is 2.83. The van der Waals surface area contributed by atoms with Crippen LogP contribution in [0.15, 0.2) is 12.1 Å². The lowest BCUT2D eigenvalue weighted by Gasteiger charge is -1.99. The van der Waals surface area contributed by atoms with Crippen molar-refractivity contribution in [3.05, 3.63) is 38.4 Å². The maximum atomic E-state index is 10.5. The highest BCUT2D eigenvalue weighted by Gasteiger charge is 2.14. The van der Waals surface area contributed by atoms with E-state index in [1.54, 1.807) is 0 Å². The third-order valence-electron chi connectivity index (χ3n) is 1.60. The Bertz CT molecular complexity index is 416. The van der Waals surface area contributed by atoms with Crippen molar-refractivity contribution in [1.29, 1.82) is 0 Å². The number of hydrogen-bond acceptors (Lipinski definition) is 4. The van der Waals surface area contributed by atoms with Crippen LogP contribution in [0.5, 0.6) is 0 Å². The second kappa shape index (κ2) is 3.97. The maximum absolute atomic E-state index is 10.5. The van der Waals surface area contributed by atoms with Crippen molar-refractivity contribution in [2.75, 3.05) is 0 Å². The van der Waals surface area contributed by atoms with Gasteiger partial charge in [-0.3, -0.25) is 19.7 Å². The van der Waals surface area contributed by atoms with Gasteiger partial charge in [-0.2, -0.15) is 0 Å². The van der Waals surface area contributed by atoms with Gasteiger partial charge in [0.05, 0.1) is 9.95 Å². The molecule has 0 aromatic heterocycles. The minimum absolute atomic E-state index is 0.0349. The fraction of sp³-hybridized carbons (Fsp3) is 0. The molecule has 14 heavy (non-hydrogen) atoms. The lowest BCUT2D eigenvalue weighted by atomic mass is 10.1. The Morgan fingerprint density at radius 1 is 1.29 bits per heavy atom. The molecule has 1 aromatic rings. The van der Waals surface area contributed by atoms with E-state index >= 15 is 0 Å². The molecule has 0 fully saturated rings. The zero-order valence-electron chi connectivity index (χ0n) is 6.77. The molecule has 0 aliphatic heterocycles. The van der Waals surface area contributed by atoms with Gasteiger partial charge in [0.2, 0.25) is 0 Å². The average molecular weight is 214 g/mol. The smallest absolute Gasteiger partial charge is 0.271 e. The number of carbonyl (C=O) groups excluding carboxylic acids is 2. The molecule has 0 atom stereocenters. The molecule has 72 valence electrons. The summed E-state index contributed by atoms with van der Waals surface area (Å²) >= 11 is 5.56. The first kappa shape index (κ1) is 10.3. The number of nitrogens with zero attached hydrogens (tertiary/aromatic N) is 1. The summed E-state index contributed by atoms with van der Waals surface area (Å²) in [7, 11) is 0. The summed E-state index contributed by atoms with van der Waals surface area (Å²) in [4.78, 5) is 30.6. The van der Waals surface area contributed by atoms with Gasteiger partial charge in [0.25, 0.3) is 5.69 Å². The topological polar surface area (TPSA) is 77.3 Å². The van der Waals surface area contributed by atoms with Crippen molar-refractivity contribution >= 4 is 29.9 Å². The molecular formula is C8H4ClNO4. The van der Waals surface area contributed by atoms with Gasteiger partial charge in [-0.25, -0.2) is 0 Å². The van der Waals surface area contributed by atoms with E-state index in [1.165, 1.54) is 0 Å². The normalized spacial score (nSPS) is 9.50. The molecule has 0 saturated carbocycles. The molecular weight excluding hydrogens is 210 g/mol. The number of rotatable bonds is 3. The van der Waals surface area contributed by atoms with Gasteiger partial charge in [-0.05, 0) is 0 Å². The fourth-order valence-corrected chi connectivity index (χ4v) is 1.22. The van der Waals surface area contributed by atoms with Gasteiger partial charge < -0.3 is 0 Å². The minimum Gasteiger partial charge on any atom is -0.298 e. The Hall–Kier alpha value is -1.75. The van der Waals surface area contributed by atoms with Gasteiger partial charge in [-0.1, -0.05) is 11.6 Å². The van der Waals surface area contributed by atoms with E-state index in [9.17, 15) is 19.7 Å². The molecule has 6 heteroatoms. The first-order valence-corrected chi connectivity index (χ1v) is 3.86. The van der Waals surface area contributed by atoms with Gasteiger partial charge in [-0.15, -0.1) is 0 Å². The van der Waals surface area contributed by atoms with E-state index in [-0.39, 0.29) is 21.8 Å². The summed E-state index contributed by atoms with van der Waals surface area (Å²) in [5.74, 6) is 0. The van der Waals surface area contributed by atoms with Crippen molar-refractivity contribution in [2.45, 2.75) is 0 Å². The molecule has 0 bridgehead atoms. The second-order valence-electron chi connectivity index (χ2n) is 2.42. The molecule has 0 unspecified atom stereocenters. The van der Waals surface area contributed by atoms with E-state index in [2.05, 4.69) is 0 Å². The zero-order valence-corrected chi connectivity index (χ0v) is 7.52. The van der Waals surface area contributed by atoms with E-state index in [0.717, 1.165) is 12.1 Å². The van der Waals surface area contributed by atoms with Crippen molar-refractivity contribution in [3.8, 4) is 0 Å². The molecule has 1 aromatic carbocycles. The van der Waals surface area contributed by atoms with Crippen LogP contribution in [0.4, 0.5) is 5.69 Å². The summed E-state index contributed by atoms with van der Waals surface area (Å²) in [6.45, 7) is 0. The van der Waals surface area contributed by atoms with Gasteiger partial charge in [0, 0.05) is 23.3 Å². The van der Waals surface area contributed by atoms with E-state index in [1.807, 2.05) is 0 Å². The first-order valence-electron chi connectivity index (χ1n) is 3.48. The number of hydrogen-bond donors (Lipinski definition) is 0. The van der Waals surface area contributed by atoms with Crippen molar-refractivity contribution in [3.63, 3.8) is 0 Å². The highest BCUT2D eigenvalue weighted by atomic mass is 35.5. The highest BCUT2D eigenvalue weighted by Crippen LogP contribution is 2.24. The van der Waals surface area contributed by atoms with E-state index < -0.39 is 4.92 Å². The van der Waals surface area contributed by atoms with Crippen molar-refractivity contribution in [1.82, 2.24) is 0 Å². The molecule has 0 saturated heterocycles. The van der Waals surface area contributed by atoms with Gasteiger partial charge in [0.15, 0.2) is 12.6 Å². The first-order chi connectivity index (χ1) is 6.60. The van der Waals surface area contributed by atoms with E-state index in [0.29, 0.717) is 12.6 Å². The van der Waals surface area contributed by atoms with Crippen molar-refractivity contribution < 1.29 is 14.5 Å². The van der Waals surface area contributed by atoms with Crippen LogP contribution in [0, 0.1) is 10.1 Å². The lowest BCUT2D eigenvalue weighted by Crippen LogP contribution is -1.96. The predicted octanol–water partition coefficient (Wildman–Crippen LogP) is 1.87. The van der Waals surface area contributed by atoms with Crippen LogP contribution in [0.2, 0.25) is 5.02 Å². The number of carbonyl (C=O) groups is 2. The standard InChI is InChI=1S/C8H4ClNO4/c9-8-2-6(10(13)14)1-5(3-11)7(8)4-12/h1-4H. The average Bonchev–Trinajstić information content (AvgIpc) is 2.16. The molecule has 0 aliphatic rings. The Labute approximate surface area is 83.4 Å². The fourth-order valence-electron chi connectivity index (χ4n) is 0.951. The van der Waals surface area contributed by atoms with Crippen LogP contribution in [0.3, 0.4) is 0 Å². The molecule has 0 N–H and O–H groups in total. The third-order valence-corrected chi connectivity index (χ3v) is 1.91. The molecule has 0 radical (unpaired) electrons. The van der Waals surface area contributed by atoms with Crippen LogP contribution in [0.25, 0.3) is 0 Å². The molecule has 1 rings (SSSR count). The number of aldehydes is 2. The number of nitro groups is 1. The Balaban J connectivity index is 3.45. The lowest BCUT2D eigenvalue weighted by molar-refractivity contribution is -0.384. The largest absolute Gasteiger partial charge is 0.298 e. The number of benzene rings is 1. The Morgan fingerprint density at radius 2 is 1.93 bits per heavy atom. The summed E-state index contributed by atoms with van der Waals surface area (Å²) < 4.78 is 0. The summed E-state index contributed by atoms with van der Waals surface area (Å²) in [5.41, 5.74) is -0.436. The Morgan fingerprint density at radius 3 is 2.36 bits per heavy atom. The van der Waals surface area contributed by atoms with E-state index in [4.69, 9.17) is 11.6 Å². The molecule has 0 spiro atoms. The molecule has 0 heterocycles. The monoisotopic (exact) mass is 213 g/mol. The number of nitro benzene ring substituents is 1. The molecule has 5 nitrogen and oxygen atoms in total. The third kappa shape index (κ3) is 1.77. The van der Waals surface area contributed by atoms with Crippen molar-refractivity contribution in [2.24, 2.45) is 0 Å². The number of non-ortho nitro benzene ring substituents is 1. The Kier molecular flexibility index (Phi) is 2.93. The summed E-state index contributed by atoms with van der Waals surface area (Å²) in [5, 5.41) is 10.3. The summed E-state index contributed by atoms with van der Waals surface area (Å²) in [6, 6.07) is 2.03. The quantitative estimate of drug-likeness (QED) is 0.436. The van der Waals surface area contributed by atoms with Crippen LogP contribution >= 0.6 is 11.6 Å². The maximum Gasteiger partial charge on any atom is 0.271 e. The minimum atomic E-state index is -0.687. The predicted molar refractivity (Wildman–Crippen MR) is 48.9 cm³/mol. The van der Waals surface area contributed by atoms with Crippen LogP contribution in [0.1, 0.15) is 20.7 Å². The van der Waals surface area contributed by atoms with Crippen LogP contribution < -0.4 is 0 Å². The van der Waals surface area contributed by atoms with Crippen LogP contribution in [-0.4, -0.2) is 17.5 Å². The SMILES string of the molecule is O=Cc1cc([N+](=O)[O-])cc(Cl)c1C=O. The van der Waals surface area contributed by atoms with Gasteiger partial charge >= 0.3 is 0 Å². The molecule has 0 aliphatic carbocycles. The highest BCUT2D eigenvalue weighted by molar-refractivity contribution is 6.33. The number of halogens is 1. The van der Waals surface area contributed by atoms with Gasteiger partial charge in [0.1, 0.15) is 0 Å². The summed E-state index contributed by atoms with van der Waals surface area (Å²) in [6.07, 6.45) is 0.735. The van der Waals surface area contributed by atoms with Crippen LogP contribution in [-0.2, 0) is 0 Å². The zero-order chi connectivity index (χ0) is 10.7.